The highest BCUT2D eigenvalue weighted by molar-refractivity contribution is 6.31. The standard InChI is InChI=1S/C31H36ClN9/c1-2-39-13-15-40(16-14-39)22-8-10-23(11-9-22)41-31-28(30(33)34-19-35-31)29(38-41)21-7-12-25-26(17-21)37-27(36-25)18-20-5-3-4-6-24(20)32/h3-7,12,17,19,22-23H,2,8-11,13-16,18H2,1H3,(H,36,37)(H2,33,34,35)/t22-,23+. The molecule has 41 heavy (non-hydrogen) atoms. The van der Waals surface area contributed by atoms with E-state index in [-0.39, 0.29) is 0 Å². The molecule has 2 aromatic carbocycles. The third-order valence-electron chi connectivity index (χ3n) is 9.02. The molecule has 5 aromatic rings. The van der Waals surface area contributed by atoms with Gasteiger partial charge in [-0.15, -0.1) is 0 Å². The van der Waals surface area contributed by atoms with Gasteiger partial charge >= 0.3 is 0 Å². The smallest absolute Gasteiger partial charge is 0.164 e. The summed E-state index contributed by atoms with van der Waals surface area (Å²) in [6, 6.07) is 15.0. The number of imidazole rings is 1. The van der Waals surface area contributed by atoms with Gasteiger partial charge in [0.2, 0.25) is 0 Å². The summed E-state index contributed by atoms with van der Waals surface area (Å²) in [5, 5.41) is 6.72. The van der Waals surface area contributed by atoms with E-state index < -0.39 is 0 Å². The van der Waals surface area contributed by atoms with Crippen LogP contribution in [-0.4, -0.2) is 78.3 Å². The average molecular weight is 570 g/mol. The van der Waals surface area contributed by atoms with E-state index in [9.17, 15) is 0 Å². The number of nitrogens with one attached hydrogen (secondary N) is 1. The second-order valence-corrected chi connectivity index (χ2v) is 11.8. The zero-order valence-corrected chi connectivity index (χ0v) is 24.2. The van der Waals surface area contributed by atoms with E-state index in [2.05, 4.69) is 48.5 Å². The lowest BCUT2D eigenvalue weighted by molar-refractivity contribution is 0.0732. The van der Waals surface area contributed by atoms with Crippen molar-refractivity contribution in [2.24, 2.45) is 0 Å². The Morgan fingerprint density at radius 1 is 0.976 bits per heavy atom. The van der Waals surface area contributed by atoms with E-state index in [0.717, 1.165) is 69.1 Å². The molecule has 2 aliphatic rings. The number of rotatable bonds is 6. The normalized spacial score (nSPS) is 20.7. The second kappa shape index (κ2) is 11.0. The summed E-state index contributed by atoms with van der Waals surface area (Å²) in [6.07, 6.45) is 6.73. The Morgan fingerprint density at radius 3 is 2.54 bits per heavy atom. The third kappa shape index (κ3) is 5.07. The number of nitrogen functional groups attached to an aromatic ring is 1. The Labute approximate surface area is 244 Å². The van der Waals surface area contributed by atoms with E-state index >= 15 is 0 Å². The number of halogens is 1. The molecule has 212 valence electrons. The van der Waals surface area contributed by atoms with Gasteiger partial charge in [0.25, 0.3) is 0 Å². The van der Waals surface area contributed by atoms with Crippen molar-refractivity contribution in [3.63, 3.8) is 0 Å². The first kappa shape index (κ1) is 26.4. The first-order valence-corrected chi connectivity index (χ1v) is 15.1. The Hall–Kier alpha value is -3.53. The number of benzene rings is 2. The second-order valence-electron chi connectivity index (χ2n) is 11.4. The summed E-state index contributed by atoms with van der Waals surface area (Å²) in [5.74, 6) is 1.33. The van der Waals surface area contributed by atoms with Gasteiger partial charge < -0.3 is 15.6 Å². The van der Waals surface area contributed by atoms with Crippen molar-refractivity contribution in [1.29, 1.82) is 0 Å². The van der Waals surface area contributed by atoms with Crippen molar-refractivity contribution in [3.8, 4) is 11.3 Å². The van der Waals surface area contributed by atoms with Gasteiger partial charge in [-0.2, -0.15) is 5.10 Å². The van der Waals surface area contributed by atoms with Crippen molar-refractivity contribution in [2.75, 3.05) is 38.5 Å². The number of aromatic nitrogens is 6. The molecule has 4 heterocycles. The highest BCUT2D eigenvalue weighted by Gasteiger charge is 2.31. The van der Waals surface area contributed by atoms with Crippen LogP contribution in [0.1, 0.15) is 50.0 Å². The maximum absolute atomic E-state index is 6.45. The summed E-state index contributed by atoms with van der Waals surface area (Å²) >= 11 is 6.39. The number of fused-ring (bicyclic) bond motifs is 2. The lowest BCUT2D eigenvalue weighted by Crippen LogP contribution is -2.51. The topological polar surface area (TPSA) is 105 Å². The number of H-pyrrole nitrogens is 1. The van der Waals surface area contributed by atoms with Crippen LogP contribution in [-0.2, 0) is 6.42 Å². The molecule has 2 fully saturated rings. The van der Waals surface area contributed by atoms with Crippen LogP contribution in [0.5, 0.6) is 0 Å². The maximum atomic E-state index is 6.45. The minimum Gasteiger partial charge on any atom is -0.383 e. The molecule has 3 N–H and O–H groups in total. The van der Waals surface area contributed by atoms with Crippen LogP contribution in [0, 0.1) is 0 Å². The first-order chi connectivity index (χ1) is 20.1. The summed E-state index contributed by atoms with van der Waals surface area (Å²) in [7, 11) is 0. The molecule has 1 saturated heterocycles. The van der Waals surface area contributed by atoms with Crippen molar-refractivity contribution >= 4 is 39.5 Å². The minimum absolute atomic E-state index is 0.298. The molecule has 1 saturated carbocycles. The number of aromatic amines is 1. The fourth-order valence-electron chi connectivity index (χ4n) is 6.68. The largest absolute Gasteiger partial charge is 0.383 e. The van der Waals surface area contributed by atoms with Crippen LogP contribution in [0.2, 0.25) is 5.02 Å². The number of nitrogens with two attached hydrogens (primary N) is 1. The molecule has 0 spiro atoms. The Bertz CT molecular complexity index is 1680. The summed E-state index contributed by atoms with van der Waals surface area (Å²) in [4.78, 5) is 22.5. The number of hydrogen-bond acceptors (Lipinski definition) is 7. The van der Waals surface area contributed by atoms with E-state index in [1.54, 1.807) is 6.33 Å². The van der Waals surface area contributed by atoms with Crippen molar-refractivity contribution in [2.45, 2.75) is 51.1 Å². The molecule has 0 bridgehead atoms. The highest BCUT2D eigenvalue weighted by Crippen LogP contribution is 2.37. The quantitative estimate of drug-likeness (QED) is 0.285. The fraction of sp³-hybridized carbons (Fsp3) is 0.419. The van der Waals surface area contributed by atoms with Crippen LogP contribution >= 0.6 is 11.6 Å². The molecule has 7 rings (SSSR count). The van der Waals surface area contributed by atoms with Crippen molar-refractivity contribution in [1.82, 2.24) is 39.5 Å². The zero-order valence-electron chi connectivity index (χ0n) is 23.4. The number of hydrogen-bond donors (Lipinski definition) is 2. The van der Waals surface area contributed by atoms with Gasteiger partial charge in [0.15, 0.2) is 5.65 Å². The molecule has 10 heteroatoms. The molecule has 0 atom stereocenters. The van der Waals surface area contributed by atoms with E-state index in [1.165, 1.54) is 39.0 Å². The van der Waals surface area contributed by atoms with Gasteiger partial charge in [0.1, 0.15) is 23.7 Å². The van der Waals surface area contributed by atoms with E-state index in [1.807, 2.05) is 30.3 Å². The molecule has 1 aliphatic carbocycles. The van der Waals surface area contributed by atoms with Gasteiger partial charge in [0.05, 0.1) is 22.5 Å². The van der Waals surface area contributed by atoms with Gasteiger partial charge in [-0.3, -0.25) is 4.90 Å². The highest BCUT2D eigenvalue weighted by atomic mass is 35.5. The Balaban J connectivity index is 1.15. The average Bonchev–Trinajstić information content (AvgIpc) is 3.60. The Morgan fingerprint density at radius 2 is 1.76 bits per heavy atom. The van der Waals surface area contributed by atoms with Gasteiger partial charge in [0, 0.05) is 49.2 Å². The zero-order chi connectivity index (χ0) is 27.9. The lowest BCUT2D eigenvalue weighted by Gasteiger charge is -2.41. The molecule has 0 amide bonds. The van der Waals surface area contributed by atoms with Crippen LogP contribution in [0.4, 0.5) is 5.82 Å². The summed E-state index contributed by atoms with van der Waals surface area (Å²) < 4.78 is 2.12. The number of piperazine rings is 1. The lowest BCUT2D eigenvalue weighted by atomic mass is 9.90. The fourth-order valence-corrected chi connectivity index (χ4v) is 6.88. The van der Waals surface area contributed by atoms with Crippen molar-refractivity contribution in [3.05, 3.63) is 65.2 Å². The molecule has 3 aromatic heterocycles. The monoisotopic (exact) mass is 569 g/mol. The van der Waals surface area contributed by atoms with Crippen LogP contribution < -0.4 is 5.73 Å². The summed E-state index contributed by atoms with van der Waals surface area (Å²) in [5.41, 5.74) is 12.0. The van der Waals surface area contributed by atoms with Gasteiger partial charge in [-0.1, -0.05) is 42.8 Å². The molecular formula is C31H36ClN9. The summed E-state index contributed by atoms with van der Waals surface area (Å²) in [6.45, 7) is 8.13. The first-order valence-electron chi connectivity index (χ1n) is 14.7. The van der Waals surface area contributed by atoms with Gasteiger partial charge in [-0.05, 0) is 56.0 Å². The molecule has 0 unspecified atom stereocenters. The molecule has 1 aliphatic heterocycles. The number of anilines is 1. The molecule has 0 radical (unpaired) electrons. The Kier molecular flexibility index (Phi) is 7.10. The van der Waals surface area contributed by atoms with Crippen molar-refractivity contribution < 1.29 is 0 Å². The van der Waals surface area contributed by atoms with Crippen LogP contribution in [0.25, 0.3) is 33.3 Å². The SMILES string of the molecule is CCN1CCN([C@H]2CC[C@@H](n3nc(-c4ccc5nc(Cc6ccccc6Cl)[nH]c5c4)c4c(N)ncnc43)CC2)CC1. The molecular weight excluding hydrogens is 534 g/mol. The number of nitrogens with zero attached hydrogens (tertiary/aromatic N) is 7. The maximum Gasteiger partial charge on any atom is 0.164 e. The minimum atomic E-state index is 0.298. The van der Waals surface area contributed by atoms with Crippen LogP contribution in [0.15, 0.2) is 48.8 Å². The van der Waals surface area contributed by atoms with Gasteiger partial charge in [-0.25, -0.2) is 19.6 Å². The van der Waals surface area contributed by atoms with Crippen LogP contribution in [0.3, 0.4) is 0 Å². The predicted molar refractivity (Wildman–Crippen MR) is 164 cm³/mol. The predicted octanol–water partition coefficient (Wildman–Crippen LogP) is 5.32. The van der Waals surface area contributed by atoms with E-state index in [4.69, 9.17) is 27.4 Å². The molecule has 9 nitrogen and oxygen atoms in total. The third-order valence-corrected chi connectivity index (χ3v) is 9.39. The number of likely N-dealkylation sites (N-methyl/N-ethyl adjacent to an activating group) is 1. The van der Waals surface area contributed by atoms with E-state index in [0.29, 0.717) is 24.3 Å².